The SMILES string of the molecule is C=C(CC[C@@]1(O)O[C@H]2C[C@@H]3[C@@H]4CC[C@H]5C[C@H](O[C@@H]6O[C@H](CO)[C@H](O[C@@H]7O[C@H](CO)[C@@H](O)[C@H](O[C@@H]8O[C@H](CO)[C@@H](O)[C@H](O)[C@H]8O)[C@H]7O[C@@H]7O[C@H](CO)[C@@H](O)[C@H](O)[C@H]7O)[C@H](O)[C@H]6O)CC[C@]5(C)[C@H]4C[C@@H](O)[C@]3(C)[C@H]2[C@@H]1C)CO[C@@H]1O[C@H](CO)[C@@H](O)[C@H](O)[C@H]1O. The summed E-state index contributed by atoms with van der Waals surface area (Å²) in [5, 5.41) is 205. The van der Waals surface area contributed by atoms with Gasteiger partial charge in [-0.05, 0) is 80.5 Å². The van der Waals surface area contributed by atoms with Crippen LogP contribution in [0.3, 0.4) is 0 Å². The Labute approximate surface area is 502 Å². The number of rotatable bonds is 19. The fourth-order valence-electron chi connectivity index (χ4n) is 16.9. The molecule has 10 rings (SSSR count). The summed E-state index contributed by atoms with van der Waals surface area (Å²) in [6, 6.07) is 0. The van der Waals surface area contributed by atoms with Crippen molar-refractivity contribution in [2.45, 2.75) is 256 Å². The fraction of sp³-hybridized carbons (Fsp3) is 0.965. The zero-order chi connectivity index (χ0) is 63.1. The van der Waals surface area contributed by atoms with Crippen LogP contribution < -0.4 is 0 Å². The normalized spacial score (nSPS) is 55.2. The average Bonchev–Trinajstić information content (AvgIpc) is 1.58. The van der Waals surface area contributed by atoms with E-state index in [2.05, 4.69) is 20.4 Å². The Bertz CT molecular complexity index is 2270. The van der Waals surface area contributed by atoms with Crippen LogP contribution in [0.15, 0.2) is 12.2 Å². The molecule has 4 saturated carbocycles. The molecule has 10 aliphatic rings. The highest BCUT2D eigenvalue weighted by atomic mass is 16.8. The maximum Gasteiger partial charge on any atom is 0.187 e. The topological polar surface area (TPSA) is 486 Å². The highest BCUT2D eigenvalue weighted by Gasteiger charge is 2.71. The summed E-state index contributed by atoms with van der Waals surface area (Å²) >= 11 is 0. The van der Waals surface area contributed by atoms with Crippen LogP contribution in [0, 0.1) is 46.3 Å². The Hall–Kier alpha value is -1.46. The van der Waals surface area contributed by atoms with Gasteiger partial charge in [0.15, 0.2) is 37.2 Å². The van der Waals surface area contributed by atoms with Crippen molar-refractivity contribution in [1.29, 1.82) is 0 Å². The van der Waals surface area contributed by atoms with Crippen molar-refractivity contribution in [3.05, 3.63) is 12.2 Å². The van der Waals surface area contributed by atoms with Crippen molar-refractivity contribution in [3.63, 3.8) is 0 Å². The number of ether oxygens (including phenoxy) is 11. The van der Waals surface area contributed by atoms with Gasteiger partial charge in [-0.3, -0.25) is 0 Å². The lowest BCUT2D eigenvalue weighted by Crippen LogP contribution is -2.68. The molecule has 4 aliphatic carbocycles. The molecule has 6 aliphatic heterocycles. The molecular formula is C57H94O30. The maximum absolute atomic E-state index is 12.4. The minimum absolute atomic E-state index is 0.0915. The monoisotopic (exact) mass is 1260 g/mol. The molecule has 19 N–H and O–H groups in total. The maximum atomic E-state index is 12.4. The molecule has 30 nitrogen and oxygen atoms in total. The van der Waals surface area contributed by atoms with Gasteiger partial charge in [-0.2, -0.15) is 0 Å². The molecule has 10 fully saturated rings. The first-order chi connectivity index (χ1) is 41.2. The Morgan fingerprint density at radius 2 is 0.977 bits per heavy atom. The van der Waals surface area contributed by atoms with Crippen LogP contribution in [0.25, 0.3) is 0 Å². The van der Waals surface area contributed by atoms with Crippen LogP contribution in [0.2, 0.25) is 0 Å². The number of aliphatic hydroxyl groups excluding tert-OH is 18. The molecule has 502 valence electrons. The minimum atomic E-state index is -2.08. The van der Waals surface area contributed by atoms with Gasteiger partial charge in [0.2, 0.25) is 0 Å². The molecule has 0 spiro atoms. The van der Waals surface area contributed by atoms with E-state index in [1.54, 1.807) is 0 Å². The zero-order valence-corrected chi connectivity index (χ0v) is 48.9. The van der Waals surface area contributed by atoms with Gasteiger partial charge >= 0.3 is 0 Å². The largest absolute Gasteiger partial charge is 0.394 e. The first-order valence-corrected chi connectivity index (χ1v) is 30.7. The second-order valence-corrected chi connectivity index (χ2v) is 26.7. The van der Waals surface area contributed by atoms with Gasteiger partial charge < -0.3 is 149 Å². The summed E-state index contributed by atoms with van der Waals surface area (Å²) in [5.74, 6) is -1.49. The van der Waals surface area contributed by atoms with Gasteiger partial charge in [-0.1, -0.05) is 32.9 Å². The van der Waals surface area contributed by atoms with E-state index in [1.165, 1.54) is 0 Å². The third-order valence-electron chi connectivity index (χ3n) is 22.1. The summed E-state index contributed by atoms with van der Waals surface area (Å²) in [4.78, 5) is 0. The van der Waals surface area contributed by atoms with E-state index in [-0.39, 0.29) is 66.5 Å². The van der Waals surface area contributed by atoms with Gasteiger partial charge in [-0.15, -0.1) is 0 Å². The van der Waals surface area contributed by atoms with E-state index in [4.69, 9.17) is 52.1 Å². The minimum Gasteiger partial charge on any atom is -0.394 e. The predicted molar refractivity (Wildman–Crippen MR) is 286 cm³/mol. The smallest absolute Gasteiger partial charge is 0.187 e. The van der Waals surface area contributed by atoms with E-state index in [0.717, 1.165) is 12.8 Å². The third kappa shape index (κ3) is 12.4. The van der Waals surface area contributed by atoms with Crippen LogP contribution in [0.4, 0.5) is 0 Å². The van der Waals surface area contributed by atoms with Gasteiger partial charge in [0.05, 0.1) is 58.0 Å². The summed E-state index contributed by atoms with van der Waals surface area (Å²) in [6.45, 7) is 6.14. The van der Waals surface area contributed by atoms with E-state index in [9.17, 15) is 97.0 Å². The third-order valence-corrected chi connectivity index (χ3v) is 22.1. The Morgan fingerprint density at radius 1 is 0.494 bits per heavy atom. The molecule has 0 aromatic rings. The molecule has 6 saturated heterocycles. The number of hydrogen-bond donors (Lipinski definition) is 19. The van der Waals surface area contributed by atoms with Gasteiger partial charge in [-0.25, -0.2) is 0 Å². The van der Waals surface area contributed by atoms with Crippen LogP contribution in [0.5, 0.6) is 0 Å². The molecule has 6 heterocycles. The molecule has 30 heteroatoms. The van der Waals surface area contributed by atoms with E-state index < -0.39 is 210 Å². The average molecular weight is 1260 g/mol. The number of hydrogen-bond acceptors (Lipinski definition) is 30. The van der Waals surface area contributed by atoms with Crippen LogP contribution in [0.1, 0.15) is 78.6 Å². The van der Waals surface area contributed by atoms with Crippen molar-refractivity contribution in [1.82, 2.24) is 0 Å². The van der Waals surface area contributed by atoms with E-state index in [0.29, 0.717) is 37.7 Å². The standard InChI is InChI=1S/C57H94O30/c1-20(19-77-50-43(72)39(68)35(64)28(14-58)79-50)7-10-57(76)21(2)34-27(87-57)12-26-24-6-5-22-11-23(8-9-55(22,3)25(24)13-33(63)56(26,34)4)78-51-46(75)42(71)47(32(18-62)83-51)84-54-49(86-53-45(74)41(70)37(66)30(16-60)81-53)48(38(67)31(17-61)82-54)85-52-44(73)40(69)36(65)29(15-59)80-52/h21-54,58-76H,1,5-19H2,2-4H3/t21-,22-,23+,24+,25-,26+,27-,28+,29+,30+,31+,32+,33+,34-,35+,36+,37+,38+,39-,40-,41-,42+,43+,44+,45+,46+,47-,48-,49+,50+,51+,52-,53-,54-,55-,56+,57+/m0/s1. The Morgan fingerprint density at radius 3 is 1.55 bits per heavy atom. The van der Waals surface area contributed by atoms with Crippen molar-refractivity contribution >= 4 is 0 Å². The van der Waals surface area contributed by atoms with E-state index in [1.807, 2.05) is 6.92 Å². The lowest BCUT2D eigenvalue weighted by molar-refractivity contribution is -0.406. The molecule has 0 radical (unpaired) electrons. The molecule has 0 unspecified atom stereocenters. The van der Waals surface area contributed by atoms with Crippen LogP contribution in [-0.2, 0) is 52.1 Å². The zero-order valence-electron chi connectivity index (χ0n) is 48.9. The highest BCUT2D eigenvalue weighted by Crippen LogP contribution is 2.71. The second kappa shape index (κ2) is 27.1. The first kappa shape index (κ1) is 68.4. The number of fused-ring (bicyclic) bond motifs is 7. The van der Waals surface area contributed by atoms with Crippen molar-refractivity contribution in [3.8, 4) is 0 Å². The summed E-state index contributed by atoms with van der Waals surface area (Å²) in [5.41, 5.74) is -0.258. The molecule has 37 atom stereocenters. The quantitative estimate of drug-likeness (QED) is 0.0422. The van der Waals surface area contributed by atoms with Crippen molar-refractivity contribution < 1.29 is 149 Å². The lowest BCUT2D eigenvalue weighted by Gasteiger charge is -2.62. The molecule has 0 amide bonds. The van der Waals surface area contributed by atoms with E-state index >= 15 is 0 Å². The summed E-state index contributed by atoms with van der Waals surface area (Å²) < 4.78 is 65.6. The van der Waals surface area contributed by atoms with Gasteiger partial charge in [0, 0.05) is 23.7 Å². The summed E-state index contributed by atoms with van der Waals surface area (Å²) in [7, 11) is 0. The van der Waals surface area contributed by atoms with Crippen molar-refractivity contribution in [2.24, 2.45) is 46.3 Å². The molecule has 0 aromatic heterocycles. The lowest BCUT2D eigenvalue weighted by atomic mass is 9.43. The van der Waals surface area contributed by atoms with Gasteiger partial charge in [0.1, 0.15) is 122 Å². The highest BCUT2D eigenvalue weighted by molar-refractivity contribution is 5.18. The van der Waals surface area contributed by atoms with Crippen molar-refractivity contribution in [2.75, 3.05) is 39.6 Å². The molecule has 0 bridgehead atoms. The van der Waals surface area contributed by atoms with Crippen LogP contribution in [-0.4, -0.2) is 314 Å². The Balaban J connectivity index is 0.776. The molecule has 87 heavy (non-hydrogen) atoms. The second-order valence-electron chi connectivity index (χ2n) is 26.7. The number of aliphatic hydroxyl groups is 19. The van der Waals surface area contributed by atoms with Gasteiger partial charge in [0.25, 0.3) is 0 Å². The molecule has 0 aromatic carbocycles. The first-order valence-electron chi connectivity index (χ1n) is 30.7. The predicted octanol–water partition coefficient (Wildman–Crippen LogP) is -7.24. The fourth-order valence-corrected chi connectivity index (χ4v) is 16.9. The Kier molecular flexibility index (Phi) is 21.3. The summed E-state index contributed by atoms with van der Waals surface area (Å²) in [6.07, 6.45) is -40.6. The molecular weight excluding hydrogens is 1160 g/mol. The van der Waals surface area contributed by atoms with Crippen LogP contribution >= 0.6 is 0 Å².